The summed E-state index contributed by atoms with van der Waals surface area (Å²) in [5.41, 5.74) is 2.62. The van der Waals surface area contributed by atoms with Crippen molar-refractivity contribution >= 4 is 28.6 Å². The number of piperazine rings is 1. The van der Waals surface area contributed by atoms with E-state index in [1.807, 2.05) is 37.3 Å². The highest BCUT2D eigenvalue weighted by Gasteiger charge is 2.29. The largest absolute Gasteiger partial charge is 0.508 e. The molecule has 3 aromatic rings. The van der Waals surface area contributed by atoms with E-state index >= 15 is 0 Å². The zero-order chi connectivity index (χ0) is 33.8. The highest BCUT2D eigenvalue weighted by atomic mass is 32.2. The lowest BCUT2D eigenvalue weighted by molar-refractivity contribution is -0.122. The SMILES string of the molecule is CC1=NC(C(=O)N[C@H]2CC[C@@H](NC(=O)c3cc(F)cnc3Oc3cccc(-c4ccc(O)c(CN5C[C@@H](C)N[C@@H](C)C5)c4)c3)CC2)CS1. The molecule has 2 aliphatic heterocycles. The van der Waals surface area contributed by atoms with Gasteiger partial charge in [-0.25, -0.2) is 9.37 Å². The Bertz CT molecular complexity index is 1670. The van der Waals surface area contributed by atoms with Crippen LogP contribution in [0.15, 0.2) is 59.7 Å². The van der Waals surface area contributed by atoms with Crippen molar-refractivity contribution in [3.63, 3.8) is 0 Å². The van der Waals surface area contributed by atoms with Crippen molar-refractivity contribution in [3.8, 4) is 28.5 Å². The Morgan fingerprint density at radius 1 is 1.02 bits per heavy atom. The van der Waals surface area contributed by atoms with Crippen molar-refractivity contribution in [2.75, 3.05) is 18.8 Å². The highest BCUT2D eigenvalue weighted by molar-refractivity contribution is 8.14. The molecule has 4 N–H and O–H groups in total. The molecule has 1 unspecified atom stereocenters. The number of carbonyl (C=O) groups excluding carboxylic acids is 2. The van der Waals surface area contributed by atoms with Crippen LogP contribution in [0.3, 0.4) is 0 Å². The smallest absolute Gasteiger partial charge is 0.257 e. The minimum Gasteiger partial charge on any atom is -0.508 e. The van der Waals surface area contributed by atoms with Crippen molar-refractivity contribution in [1.82, 2.24) is 25.8 Å². The number of phenols is 1. The number of aromatic hydroxyl groups is 1. The second-order valence-corrected chi connectivity index (χ2v) is 14.4. The van der Waals surface area contributed by atoms with Crippen molar-refractivity contribution in [2.45, 2.75) is 83.2 Å². The van der Waals surface area contributed by atoms with E-state index in [4.69, 9.17) is 4.74 Å². The maximum atomic E-state index is 14.3. The summed E-state index contributed by atoms with van der Waals surface area (Å²) in [6.07, 6.45) is 3.84. The Morgan fingerprint density at radius 2 is 1.73 bits per heavy atom. The molecule has 1 saturated carbocycles. The molecule has 3 aliphatic rings. The normalized spacial score (nSPS) is 24.5. The summed E-state index contributed by atoms with van der Waals surface area (Å²) in [4.78, 5) is 36.8. The van der Waals surface area contributed by atoms with Gasteiger partial charge in [0.25, 0.3) is 5.91 Å². The first-order chi connectivity index (χ1) is 23.1. The van der Waals surface area contributed by atoms with Gasteiger partial charge >= 0.3 is 0 Å². The number of nitrogens with one attached hydrogen (secondary N) is 3. The molecule has 2 amide bonds. The number of aromatic nitrogens is 1. The standard InChI is InChI=1S/C36H43FN6O4S/c1-21-17-43(18-22(2)39-21)19-26-13-25(7-12-33(26)44)24-5-4-6-30(14-24)47-36-31(15-27(37)16-38-36)34(45)41-28-8-10-29(11-9-28)42-35(46)32-20-48-23(3)40-32/h4-7,12-16,21-22,28-29,32,39,44H,8-11,17-20H2,1-3H3,(H,41,45)(H,42,46)/t21-,22+,28-,29+,32?. The van der Waals surface area contributed by atoms with E-state index in [1.54, 1.807) is 23.9 Å². The van der Waals surface area contributed by atoms with Gasteiger partial charge in [-0.2, -0.15) is 0 Å². The summed E-state index contributed by atoms with van der Waals surface area (Å²) in [5.74, 6) is 0.222. The molecular weight excluding hydrogens is 631 g/mol. The summed E-state index contributed by atoms with van der Waals surface area (Å²) in [5, 5.41) is 21.2. The predicted octanol–water partition coefficient (Wildman–Crippen LogP) is 5.26. The molecule has 0 bridgehead atoms. The number of benzene rings is 2. The van der Waals surface area contributed by atoms with Crippen LogP contribution in [0.5, 0.6) is 17.4 Å². The van der Waals surface area contributed by atoms with Crippen LogP contribution in [-0.4, -0.2) is 80.9 Å². The third kappa shape index (κ3) is 8.53. The Hall–Kier alpha value is -4.00. The predicted molar refractivity (Wildman–Crippen MR) is 186 cm³/mol. The number of hydrogen-bond acceptors (Lipinski definition) is 9. The van der Waals surface area contributed by atoms with Crippen molar-refractivity contribution in [3.05, 3.63) is 71.7 Å². The van der Waals surface area contributed by atoms with Gasteiger partial charge in [-0.05, 0) is 87.9 Å². The lowest BCUT2D eigenvalue weighted by Crippen LogP contribution is -2.53. The molecule has 0 radical (unpaired) electrons. The summed E-state index contributed by atoms with van der Waals surface area (Å²) >= 11 is 1.60. The lowest BCUT2D eigenvalue weighted by Gasteiger charge is -2.36. The molecular formula is C36H43FN6O4S. The van der Waals surface area contributed by atoms with Gasteiger partial charge in [-0.15, -0.1) is 11.8 Å². The zero-order valence-corrected chi connectivity index (χ0v) is 28.4. The second kappa shape index (κ2) is 15.0. The van der Waals surface area contributed by atoms with Crippen molar-refractivity contribution in [2.24, 2.45) is 4.99 Å². The molecule has 6 rings (SSSR count). The average molecular weight is 675 g/mol. The van der Waals surface area contributed by atoms with E-state index in [2.05, 4.69) is 44.7 Å². The molecule has 1 aromatic heterocycles. The number of hydrogen-bond donors (Lipinski definition) is 4. The molecule has 3 heterocycles. The van der Waals surface area contributed by atoms with Gasteiger partial charge < -0.3 is 25.8 Å². The van der Waals surface area contributed by atoms with Gasteiger partial charge in [0.15, 0.2) is 0 Å². The number of amides is 2. The number of ether oxygens (including phenoxy) is 1. The third-order valence-corrected chi connectivity index (χ3v) is 10.1. The van der Waals surface area contributed by atoms with Gasteiger partial charge in [0.05, 0.1) is 11.2 Å². The maximum Gasteiger partial charge on any atom is 0.257 e. The Labute approximate surface area is 285 Å². The quantitative estimate of drug-likeness (QED) is 0.242. The molecule has 2 fully saturated rings. The number of aliphatic imine (C=N–C) groups is 1. The molecule has 0 spiro atoms. The zero-order valence-electron chi connectivity index (χ0n) is 27.5. The fourth-order valence-electron chi connectivity index (χ4n) is 6.79. The van der Waals surface area contributed by atoms with Gasteiger partial charge in [0.1, 0.15) is 28.9 Å². The van der Waals surface area contributed by atoms with Crippen LogP contribution in [-0.2, 0) is 11.3 Å². The van der Waals surface area contributed by atoms with Crippen LogP contribution in [0.4, 0.5) is 4.39 Å². The monoisotopic (exact) mass is 674 g/mol. The van der Waals surface area contributed by atoms with Crippen LogP contribution in [0, 0.1) is 5.82 Å². The third-order valence-electron chi connectivity index (χ3n) is 9.05. The Morgan fingerprint density at radius 3 is 2.44 bits per heavy atom. The maximum absolute atomic E-state index is 14.3. The Balaban J connectivity index is 1.09. The van der Waals surface area contributed by atoms with Gasteiger partial charge in [0, 0.05) is 55.1 Å². The van der Waals surface area contributed by atoms with Crippen molar-refractivity contribution in [1.29, 1.82) is 0 Å². The number of phenolic OH excluding ortho intramolecular Hbond substituents is 1. The van der Waals surface area contributed by atoms with Gasteiger partial charge in [0.2, 0.25) is 11.8 Å². The second-order valence-electron chi connectivity index (χ2n) is 13.1. The summed E-state index contributed by atoms with van der Waals surface area (Å²) in [6.45, 7) is 8.67. The average Bonchev–Trinajstić information content (AvgIpc) is 3.50. The first-order valence-electron chi connectivity index (χ1n) is 16.6. The molecule has 12 heteroatoms. The first-order valence-corrected chi connectivity index (χ1v) is 17.6. The van der Waals surface area contributed by atoms with E-state index in [9.17, 15) is 19.1 Å². The van der Waals surface area contributed by atoms with E-state index in [-0.39, 0.29) is 41.2 Å². The number of carbonyl (C=O) groups is 2. The number of rotatable bonds is 9. The summed E-state index contributed by atoms with van der Waals surface area (Å²) in [7, 11) is 0. The fraction of sp³-hybridized carbons (Fsp3) is 0.444. The summed E-state index contributed by atoms with van der Waals surface area (Å²) < 4.78 is 20.4. The fourth-order valence-corrected chi connectivity index (χ4v) is 7.62. The van der Waals surface area contributed by atoms with Crippen LogP contribution in [0.1, 0.15) is 62.4 Å². The topological polar surface area (TPSA) is 128 Å². The van der Waals surface area contributed by atoms with Crippen LogP contribution < -0.4 is 20.7 Å². The minimum atomic E-state index is -0.638. The van der Waals surface area contributed by atoms with E-state index in [1.165, 1.54) is 0 Å². The van der Waals surface area contributed by atoms with Gasteiger partial charge in [-0.1, -0.05) is 18.2 Å². The number of thioether (sulfide) groups is 1. The number of pyridine rings is 1. The molecule has 3 atom stereocenters. The van der Waals surface area contributed by atoms with Crippen LogP contribution in [0.25, 0.3) is 11.1 Å². The van der Waals surface area contributed by atoms with E-state index < -0.39 is 11.7 Å². The number of nitrogens with zero attached hydrogens (tertiary/aromatic N) is 3. The van der Waals surface area contributed by atoms with Crippen LogP contribution in [0.2, 0.25) is 0 Å². The number of halogens is 1. The molecule has 2 aromatic carbocycles. The van der Waals surface area contributed by atoms with E-state index in [0.29, 0.717) is 43.0 Å². The van der Waals surface area contributed by atoms with E-state index in [0.717, 1.165) is 59.9 Å². The first kappa shape index (κ1) is 33.9. The molecule has 48 heavy (non-hydrogen) atoms. The Kier molecular flexibility index (Phi) is 10.6. The highest BCUT2D eigenvalue weighted by Crippen LogP contribution is 2.32. The molecule has 10 nitrogen and oxygen atoms in total. The molecule has 1 aliphatic carbocycles. The summed E-state index contributed by atoms with van der Waals surface area (Å²) in [6, 6.07) is 14.4. The van der Waals surface area contributed by atoms with Crippen molar-refractivity contribution < 1.29 is 23.8 Å². The molecule has 1 saturated heterocycles. The molecule has 254 valence electrons. The lowest BCUT2D eigenvalue weighted by atomic mass is 9.90. The van der Waals surface area contributed by atoms with Gasteiger partial charge in [-0.3, -0.25) is 19.5 Å². The minimum absolute atomic E-state index is 0.00521. The van der Waals surface area contributed by atoms with Crippen LogP contribution >= 0.6 is 11.8 Å².